The Morgan fingerprint density at radius 2 is 2.21 bits per heavy atom. The Labute approximate surface area is 142 Å². The number of ether oxygens (including phenoxy) is 1. The molecule has 0 bridgehead atoms. The smallest absolute Gasteiger partial charge is 0.307 e. The number of fused-ring (bicyclic) bond motifs is 1. The molecule has 2 amide bonds. The molecule has 0 saturated carbocycles. The normalized spacial score (nSPS) is 16.1. The highest BCUT2D eigenvalue weighted by atomic mass is 32.1. The van der Waals surface area contributed by atoms with E-state index in [1.165, 1.54) is 0 Å². The first-order valence-electron chi connectivity index (χ1n) is 7.50. The molecule has 1 aliphatic rings. The van der Waals surface area contributed by atoms with Crippen molar-refractivity contribution >= 4 is 34.5 Å². The molecule has 0 radical (unpaired) electrons. The zero-order valence-electron chi connectivity index (χ0n) is 13.3. The highest BCUT2D eigenvalue weighted by molar-refractivity contribution is 7.07. The van der Waals surface area contributed by atoms with Crippen LogP contribution >= 0.6 is 11.3 Å². The van der Waals surface area contributed by atoms with Crippen molar-refractivity contribution < 1.29 is 14.3 Å². The predicted octanol–water partition coefficient (Wildman–Crippen LogP) is 1.97. The summed E-state index contributed by atoms with van der Waals surface area (Å²) in [5, 5.41) is 7.27. The molecule has 1 unspecified atom stereocenters. The number of aryl methyl sites for hydroxylation is 1. The van der Waals surface area contributed by atoms with Gasteiger partial charge >= 0.3 is 4.87 Å². The summed E-state index contributed by atoms with van der Waals surface area (Å²) >= 11 is 1.12. The summed E-state index contributed by atoms with van der Waals surface area (Å²) < 4.78 is 7.04. The minimum Gasteiger partial charge on any atom is -0.479 e. The van der Waals surface area contributed by atoms with Crippen molar-refractivity contribution in [1.82, 2.24) is 4.57 Å². The van der Waals surface area contributed by atoms with E-state index in [4.69, 9.17) is 4.74 Å². The average molecular weight is 347 g/mol. The first-order valence-corrected chi connectivity index (χ1v) is 8.38. The fraction of sp³-hybridized carbons (Fsp3) is 0.312. The van der Waals surface area contributed by atoms with Crippen LogP contribution in [0.3, 0.4) is 0 Å². The molecule has 2 N–H and O–H groups in total. The third-order valence-corrected chi connectivity index (χ3v) is 4.61. The number of hydrogen-bond acceptors (Lipinski definition) is 5. The van der Waals surface area contributed by atoms with E-state index in [0.29, 0.717) is 23.7 Å². The first-order chi connectivity index (χ1) is 11.4. The number of carbonyl (C=O) groups excluding carboxylic acids is 2. The van der Waals surface area contributed by atoms with Gasteiger partial charge in [0.15, 0.2) is 6.10 Å². The molecule has 0 aliphatic carbocycles. The van der Waals surface area contributed by atoms with Crippen LogP contribution in [-0.4, -0.2) is 22.5 Å². The Kier molecular flexibility index (Phi) is 4.39. The van der Waals surface area contributed by atoms with Crippen LogP contribution in [0.1, 0.15) is 19.0 Å². The lowest BCUT2D eigenvalue weighted by Gasteiger charge is -2.23. The van der Waals surface area contributed by atoms with E-state index in [1.54, 1.807) is 35.1 Å². The van der Waals surface area contributed by atoms with Crippen molar-refractivity contribution in [3.8, 4) is 5.75 Å². The number of anilines is 2. The van der Waals surface area contributed by atoms with Gasteiger partial charge in [0, 0.05) is 29.7 Å². The summed E-state index contributed by atoms with van der Waals surface area (Å²) in [5.41, 5.74) is 1.94. The second-order valence-electron chi connectivity index (χ2n) is 5.55. The van der Waals surface area contributed by atoms with Crippen molar-refractivity contribution in [3.05, 3.63) is 38.9 Å². The fourth-order valence-corrected chi connectivity index (χ4v) is 3.16. The van der Waals surface area contributed by atoms with Gasteiger partial charge < -0.3 is 19.9 Å². The standard InChI is InChI=1S/C16H17N3O4S/c1-9-8-24-16(22)19(9)6-5-14(20)17-11-3-4-13-12(7-11)18-15(21)10(2)23-13/h3-4,7-8,10H,5-6H2,1-2H3,(H,17,20)(H,18,21). The Morgan fingerprint density at radius 3 is 2.92 bits per heavy atom. The zero-order valence-corrected chi connectivity index (χ0v) is 14.1. The lowest BCUT2D eigenvalue weighted by Crippen LogP contribution is -2.34. The number of nitrogens with zero attached hydrogens (tertiary/aromatic N) is 1. The third kappa shape index (κ3) is 3.33. The van der Waals surface area contributed by atoms with E-state index in [0.717, 1.165) is 17.0 Å². The Bertz CT molecular complexity index is 855. The molecule has 2 aromatic rings. The van der Waals surface area contributed by atoms with Gasteiger partial charge in [0.25, 0.3) is 5.91 Å². The van der Waals surface area contributed by atoms with Gasteiger partial charge in [0.05, 0.1) is 5.69 Å². The van der Waals surface area contributed by atoms with Crippen molar-refractivity contribution in [3.63, 3.8) is 0 Å². The monoisotopic (exact) mass is 347 g/mol. The quantitative estimate of drug-likeness (QED) is 0.885. The Hall–Kier alpha value is -2.61. The van der Waals surface area contributed by atoms with Crippen LogP contribution in [0.15, 0.2) is 28.4 Å². The molecular weight excluding hydrogens is 330 g/mol. The number of rotatable bonds is 4. The number of hydrogen-bond donors (Lipinski definition) is 2. The highest BCUT2D eigenvalue weighted by Gasteiger charge is 2.23. The molecular formula is C16H17N3O4S. The first kappa shape index (κ1) is 16.3. The maximum Gasteiger partial charge on any atom is 0.307 e. The predicted molar refractivity (Wildman–Crippen MR) is 91.7 cm³/mol. The summed E-state index contributed by atoms with van der Waals surface area (Å²) in [7, 11) is 0. The molecule has 126 valence electrons. The van der Waals surface area contributed by atoms with Crippen molar-refractivity contribution in [2.75, 3.05) is 10.6 Å². The molecule has 3 rings (SSSR count). The average Bonchev–Trinajstić information content (AvgIpc) is 2.85. The molecule has 0 fully saturated rings. The molecule has 0 saturated heterocycles. The molecule has 8 heteroatoms. The van der Waals surface area contributed by atoms with Crippen LogP contribution in [0, 0.1) is 6.92 Å². The Balaban J connectivity index is 1.64. The summed E-state index contributed by atoms with van der Waals surface area (Å²) in [6.07, 6.45) is -0.348. The van der Waals surface area contributed by atoms with Gasteiger partial charge in [0.2, 0.25) is 5.91 Å². The van der Waals surface area contributed by atoms with Crippen LogP contribution in [0.4, 0.5) is 11.4 Å². The van der Waals surface area contributed by atoms with Crippen LogP contribution in [-0.2, 0) is 16.1 Å². The van der Waals surface area contributed by atoms with Gasteiger partial charge in [-0.1, -0.05) is 11.3 Å². The molecule has 1 aromatic carbocycles. The topological polar surface area (TPSA) is 89.4 Å². The largest absolute Gasteiger partial charge is 0.479 e. The molecule has 2 heterocycles. The van der Waals surface area contributed by atoms with E-state index in [9.17, 15) is 14.4 Å². The number of benzene rings is 1. The fourth-order valence-electron chi connectivity index (χ4n) is 2.40. The van der Waals surface area contributed by atoms with E-state index in [-0.39, 0.29) is 23.1 Å². The molecule has 7 nitrogen and oxygen atoms in total. The van der Waals surface area contributed by atoms with Gasteiger partial charge in [-0.25, -0.2) is 0 Å². The molecule has 1 aliphatic heterocycles. The van der Waals surface area contributed by atoms with E-state index in [2.05, 4.69) is 10.6 Å². The van der Waals surface area contributed by atoms with E-state index < -0.39 is 6.10 Å². The number of thiazole rings is 1. The minimum absolute atomic E-state index is 0.0666. The van der Waals surface area contributed by atoms with Gasteiger partial charge in [-0.2, -0.15) is 0 Å². The van der Waals surface area contributed by atoms with Crippen molar-refractivity contribution in [2.24, 2.45) is 0 Å². The maximum absolute atomic E-state index is 12.1. The number of carbonyl (C=O) groups is 2. The lowest BCUT2D eigenvalue weighted by atomic mass is 10.2. The van der Waals surface area contributed by atoms with Crippen LogP contribution in [0.5, 0.6) is 5.75 Å². The summed E-state index contributed by atoms with van der Waals surface area (Å²) in [5.74, 6) is 0.141. The highest BCUT2D eigenvalue weighted by Crippen LogP contribution is 2.32. The summed E-state index contributed by atoms with van der Waals surface area (Å²) in [4.78, 5) is 35.3. The van der Waals surface area contributed by atoms with E-state index >= 15 is 0 Å². The molecule has 1 atom stereocenters. The maximum atomic E-state index is 12.1. The van der Waals surface area contributed by atoms with Crippen LogP contribution in [0.25, 0.3) is 0 Å². The van der Waals surface area contributed by atoms with E-state index in [1.807, 2.05) is 6.92 Å². The van der Waals surface area contributed by atoms with Crippen LogP contribution in [0.2, 0.25) is 0 Å². The number of amides is 2. The van der Waals surface area contributed by atoms with Gasteiger partial charge in [-0.05, 0) is 32.0 Å². The third-order valence-electron chi connectivity index (χ3n) is 3.73. The second-order valence-corrected chi connectivity index (χ2v) is 6.37. The zero-order chi connectivity index (χ0) is 17.3. The SMILES string of the molecule is Cc1csc(=O)n1CCC(=O)Nc1ccc2c(c1)NC(=O)C(C)O2. The van der Waals surface area contributed by atoms with Gasteiger partial charge in [-0.3, -0.25) is 14.4 Å². The molecule has 1 aromatic heterocycles. The van der Waals surface area contributed by atoms with Crippen molar-refractivity contribution in [1.29, 1.82) is 0 Å². The number of nitrogens with one attached hydrogen (secondary N) is 2. The second kappa shape index (κ2) is 6.48. The lowest BCUT2D eigenvalue weighted by molar-refractivity contribution is -0.122. The Morgan fingerprint density at radius 1 is 1.42 bits per heavy atom. The van der Waals surface area contributed by atoms with Crippen molar-refractivity contribution in [2.45, 2.75) is 32.9 Å². The van der Waals surface area contributed by atoms with Gasteiger partial charge in [-0.15, -0.1) is 0 Å². The summed E-state index contributed by atoms with van der Waals surface area (Å²) in [6.45, 7) is 3.84. The summed E-state index contributed by atoms with van der Waals surface area (Å²) in [6, 6.07) is 5.07. The van der Waals surface area contributed by atoms with Crippen LogP contribution < -0.4 is 20.2 Å². The minimum atomic E-state index is -0.537. The number of aromatic nitrogens is 1. The molecule has 0 spiro atoms. The van der Waals surface area contributed by atoms with Gasteiger partial charge in [0.1, 0.15) is 5.75 Å². The molecule has 24 heavy (non-hydrogen) atoms.